The lowest BCUT2D eigenvalue weighted by molar-refractivity contribution is 0.0846. The van der Waals surface area contributed by atoms with Crippen LogP contribution in [0.3, 0.4) is 0 Å². The van der Waals surface area contributed by atoms with E-state index in [1.807, 2.05) is 5.48 Å². The normalized spacial score (nSPS) is 20.2. The average Bonchev–Trinajstić information content (AvgIpc) is 3.01. The van der Waals surface area contributed by atoms with Gasteiger partial charge < -0.3 is 4.74 Å². The van der Waals surface area contributed by atoms with Gasteiger partial charge in [-0.25, -0.2) is 19.2 Å². The molecule has 0 radical (unpaired) electrons. The van der Waals surface area contributed by atoms with Gasteiger partial charge in [0.2, 0.25) is 5.69 Å². The molecule has 0 bridgehead atoms. The average molecular weight is 465 g/mol. The van der Waals surface area contributed by atoms with Crippen molar-refractivity contribution in [2.45, 2.75) is 25.0 Å². The first-order valence-electron chi connectivity index (χ1n) is 7.48. The number of rotatable bonds is 6. The topological polar surface area (TPSA) is 165 Å². The standard InChI is InChI=1S/C13H14BrFN6O5S/c14-9-5-6(1-2-10(9)15)17-12(18-22)11-13(20-26-19-11)25-8-3-7(4-8)21-27(16,23)24/h1-2,5,7-8,21-22H,3-4H2,(H,17,18)(H2,16,23,24). The number of hydrogen-bond acceptors (Lipinski definition) is 8. The third-order valence-electron chi connectivity index (χ3n) is 3.64. The van der Waals surface area contributed by atoms with Gasteiger partial charge >= 0.3 is 0 Å². The summed E-state index contributed by atoms with van der Waals surface area (Å²) in [7, 11) is -3.78. The summed E-state index contributed by atoms with van der Waals surface area (Å²) in [6, 6.07) is 3.65. The van der Waals surface area contributed by atoms with Gasteiger partial charge in [0.15, 0.2) is 5.84 Å². The van der Waals surface area contributed by atoms with E-state index in [2.05, 4.69) is 40.6 Å². The van der Waals surface area contributed by atoms with E-state index in [4.69, 9.17) is 9.88 Å². The molecule has 0 spiro atoms. The third-order valence-corrected chi connectivity index (χ3v) is 4.91. The monoisotopic (exact) mass is 464 g/mol. The first-order valence-corrected chi connectivity index (χ1v) is 9.82. The number of aromatic nitrogens is 2. The van der Waals surface area contributed by atoms with Crippen molar-refractivity contribution >= 4 is 37.7 Å². The Morgan fingerprint density at radius 2 is 2.19 bits per heavy atom. The Kier molecular flexibility index (Phi) is 5.71. The molecule has 14 heteroatoms. The molecule has 27 heavy (non-hydrogen) atoms. The van der Waals surface area contributed by atoms with Gasteiger partial charge in [0, 0.05) is 18.9 Å². The third kappa shape index (κ3) is 4.98. The van der Waals surface area contributed by atoms with E-state index in [0.717, 1.165) is 0 Å². The van der Waals surface area contributed by atoms with Gasteiger partial charge in [0.05, 0.1) is 10.2 Å². The fraction of sp³-hybridized carbons (Fsp3) is 0.308. The summed E-state index contributed by atoms with van der Waals surface area (Å²) in [5, 5.41) is 21.5. The number of hydrogen-bond donors (Lipinski definition) is 4. The van der Waals surface area contributed by atoms with Crippen LogP contribution in [0.5, 0.6) is 5.88 Å². The lowest BCUT2D eigenvalue weighted by Gasteiger charge is -2.34. The van der Waals surface area contributed by atoms with Crippen LogP contribution in [0.25, 0.3) is 0 Å². The molecular formula is C13H14BrFN6O5S. The number of ether oxygens (including phenoxy) is 1. The molecule has 1 aromatic heterocycles. The van der Waals surface area contributed by atoms with Crippen LogP contribution in [0.1, 0.15) is 18.5 Å². The molecule has 1 fully saturated rings. The van der Waals surface area contributed by atoms with Crippen LogP contribution in [0.15, 0.2) is 32.3 Å². The van der Waals surface area contributed by atoms with Crippen molar-refractivity contribution < 1.29 is 27.4 Å². The Bertz CT molecular complexity index is 962. The van der Waals surface area contributed by atoms with Crippen LogP contribution in [-0.4, -0.2) is 41.9 Å². The van der Waals surface area contributed by atoms with Gasteiger partial charge in [0.25, 0.3) is 16.1 Å². The van der Waals surface area contributed by atoms with Gasteiger partial charge in [-0.15, -0.1) is 0 Å². The number of hydroxylamine groups is 1. The fourth-order valence-corrected chi connectivity index (χ4v) is 3.39. The summed E-state index contributed by atoms with van der Waals surface area (Å²) in [6.45, 7) is 0. The number of nitrogens with zero attached hydrogens (tertiary/aromatic N) is 3. The van der Waals surface area contributed by atoms with Crippen molar-refractivity contribution in [3.63, 3.8) is 0 Å². The highest BCUT2D eigenvalue weighted by Gasteiger charge is 2.34. The molecule has 1 aromatic carbocycles. The summed E-state index contributed by atoms with van der Waals surface area (Å²) < 4.78 is 47.9. The van der Waals surface area contributed by atoms with Crippen LogP contribution in [0, 0.1) is 5.82 Å². The zero-order valence-corrected chi connectivity index (χ0v) is 15.9. The predicted octanol–water partition coefficient (Wildman–Crippen LogP) is 0.731. The van der Waals surface area contributed by atoms with Crippen LogP contribution < -0.4 is 20.1 Å². The minimum atomic E-state index is -3.78. The summed E-state index contributed by atoms with van der Waals surface area (Å²) >= 11 is 3.04. The smallest absolute Gasteiger partial charge is 0.287 e. The molecule has 1 aliphatic carbocycles. The number of nitrogens with two attached hydrogens (primary N) is 1. The summed E-state index contributed by atoms with van der Waals surface area (Å²) in [5.74, 6) is -0.647. The molecule has 2 aromatic rings. The molecule has 1 aliphatic rings. The van der Waals surface area contributed by atoms with E-state index in [9.17, 15) is 18.0 Å². The maximum atomic E-state index is 13.3. The highest BCUT2D eigenvalue weighted by molar-refractivity contribution is 9.10. The Labute approximate surface area is 161 Å². The molecule has 11 nitrogen and oxygen atoms in total. The van der Waals surface area contributed by atoms with E-state index >= 15 is 0 Å². The highest BCUT2D eigenvalue weighted by atomic mass is 79.9. The second-order valence-corrected chi connectivity index (χ2v) is 7.84. The van der Waals surface area contributed by atoms with Crippen LogP contribution in [-0.2, 0) is 10.2 Å². The number of benzene rings is 1. The van der Waals surface area contributed by atoms with Gasteiger partial charge in [-0.2, -0.15) is 13.1 Å². The Morgan fingerprint density at radius 1 is 1.44 bits per heavy atom. The van der Waals surface area contributed by atoms with E-state index in [0.29, 0.717) is 18.5 Å². The van der Waals surface area contributed by atoms with Crippen molar-refractivity contribution in [2.75, 3.05) is 0 Å². The van der Waals surface area contributed by atoms with Gasteiger partial charge in [-0.05, 0) is 44.4 Å². The lowest BCUT2D eigenvalue weighted by atomic mass is 9.90. The van der Waals surface area contributed by atoms with Crippen molar-refractivity contribution in [2.24, 2.45) is 10.1 Å². The SMILES string of the molecule is NS(=O)(=O)NC1CC(Oc2nonc2C(=Nc2ccc(F)c(Br)c2)NO)C1. The van der Waals surface area contributed by atoms with Crippen LogP contribution >= 0.6 is 15.9 Å². The minimum absolute atomic E-state index is 0.0131. The first-order chi connectivity index (χ1) is 12.7. The molecule has 1 saturated carbocycles. The van der Waals surface area contributed by atoms with E-state index in [-0.39, 0.29) is 34.0 Å². The molecule has 1 heterocycles. The number of halogens is 2. The molecule has 0 unspecified atom stereocenters. The molecule has 0 atom stereocenters. The van der Waals surface area contributed by atoms with Crippen molar-refractivity contribution in [1.82, 2.24) is 20.5 Å². The largest absolute Gasteiger partial charge is 0.470 e. The summed E-state index contributed by atoms with van der Waals surface area (Å²) in [4.78, 5) is 4.10. The Balaban J connectivity index is 1.71. The molecule has 3 rings (SSSR count). The lowest BCUT2D eigenvalue weighted by Crippen LogP contribution is -2.50. The number of nitrogens with one attached hydrogen (secondary N) is 2. The van der Waals surface area contributed by atoms with E-state index in [1.165, 1.54) is 18.2 Å². The predicted molar refractivity (Wildman–Crippen MR) is 93.2 cm³/mol. The molecule has 0 saturated heterocycles. The molecular weight excluding hydrogens is 451 g/mol. The van der Waals surface area contributed by atoms with Gasteiger partial charge in [-0.1, -0.05) is 0 Å². The minimum Gasteiger partial charge on any atom is -0.470 e. The Hall–Kier alpha value is -2.13. The zero-order valence-electron chi connectivity index (χ0n) is 13.5. The van der Waals surface area contributed by atoms with Crippen molar-refractivity contribution in [3.05, 3.63) is 34.2 Å². The Morgan fingerprint density at radius 3 is 2.81 bits per heavy atom. The zero-order chi connectivity index (χ0) is 19.6. The van der Waals surface area contributed by atoms with Gasteiger partial charge in [-0.3, -0.25) is 10.7 Å². The molecule has 146 valence electrons. The van der Waals surface area contributed by atoms with Crippen molar-refractivity contribution in [3.8, 4) is 5.88 Å². The number of aliphatic imine (C=N–C) groups is 1. The molecule has 0 aliphatic heterocycles. The molecule has 5 N–H and O–H groups in total. The highest BCUT2D eigenvalue weighted by Crippen LogP contribution is 2.28. The molecule has 0 amide bonds. The fourth-order valence-electron chi connectivity index (χ4n) is 2.37. The van der Waals surface area contributed by atoms with E-state index in [1.54, 1.807) is 0 Å². The number of amidine groups is 1. The summed E-state index contributed by atoms with van der Waals surface area (Å²) in [6.07, 6.45) is 0.383. The summed E-state index contributed by atoms with van der Waals surface area (Å²) in [5.41, 5.74) is 2.17. The van der Waals surface area contributed by atoms with Crippen LogP contribution in [0.2, 0.25) is 0 Å². The first kappa shape index (κ1) is 19.6. The van der Waals surface area contributed by atoms with Crippen molar-refractivity contribution in [1.29, 1.82) is 0 Å². The van der Waals surface area contributed by atoms with Gasteiger partial charge in [0.1, 0.15) is 11.9 Å². The quantitative estimate of drug-likeness (QED) is 0.275. The van der Waals surface area contributed by atoms with Crippen LogP contribution in [0.4, 0.5) is 10.1 Å². The maximum Gasteiger partial charge on any atom is 0.287 e. The second kappa shape index (κ2) is 7.85. The van der Waals surface area contributed by atoms with E-state index < -0.39 is 16.0 Å². The second-order valence-electron chi connectivity index (χ2n) is 5.66. The maximum absolute atomic E-state index is 13.3.